The molecule has 1 saturated carbocycles. The van der Waals surface area contributed by atoms with E-state index in [4.69, 9.17) is 0 Å². The molecule has 0 radical (unpaired) electrons. The summed E-state index contributed by atoms with van der Waals surface area (Å²) in [6, 6.07) is 7.50. The molecular formula is C14H18ClN5O. The summed E-state index contributed by atoms with van der Waals surface area (Å²) in [5.41, 5.74) is 1.69. The first-order chi connectivity index (χ1) is 9.81. The molecule has 1 aliphatic carbocycles. The number of halogens is 1. The largest absolute Gasteiger partial charge is 0.325 e. The summed E-state index contributed by atoms with van der Waals surface area (Å²) in [5.74, 6) is 0.768. The molecule has 1 heterocycles. The molecule has 21 heavy (non-hydrogen) atoms. The number of aromatic nitrogens is 3. The molecule has 0 atom stereocenters. The maximum Gasteiger partial charge on any atom is 0.238 e. The van der Waals surface area contributed by atoms with Crippen molar-refractivity contribution in [3.63, 3.8) is 0 Å². The molecule has 0 bridgehead atoms. The van der Waals surface area contributed by atoms with Crippen molar-refractivity contribution in [3.8, 4) is 5.69 Å². The molecule has 1 aromatic heterocycles. The van der Waals surface area contributed by atoms with Crippen molar-refractivity contribution < 1.29 is 4.79 Å². The van der Waals surface area contributed by atoms with E-state index < -0.39 is 0 Å². The Labute approximate surface area is 129 Å². The summed E-state index contributed by atoms with van der Waals surface area (Å²) < 4.78 is 1.67. The van der Waals surface area contributed by atoms with Crippen molar-refractivity contribution in [2.45, 2.75) is 12.8 Å². The van der Waals surface area contributed by atoms with Crippen LogP contribution in [-0.4, -0.2) is 34.0 Å². The van der Waals surface area contributed by atoms with Gasteiger partial charge < -0.3 is 10.6 Å². The van der Waals surface area contributed by atoms with E-state index in [1.165, 1.54) is 12.8 Å². The van der Waals surface area contributed by atoms with E-state index in [9.17, 15) is 4.79 Å². The zero-order chi connectivity index (χ0) is 13.8. The predicted octanol–water partition coefficient (Wildman–Crippen LogP) is 1.63. The van der Waals surface area contributed by atoms with Crippen LogP contribution in [0.3, 0.4) is 0 Å². The first-order valence-electron chi connectivity index (χ1n) is 6.78. The Bertz CT molecular complexity index is 566. The van der Waals surface area contributed by atoms with E-state index in [0.717, 1.165) is 23.8 Å². The minimum atomic E-state index is -0.0147. The lowest BCUT2D eigenvalue weighted by atomic mass is 10.3. The molecule has 0 aliphatic heterocycles. The minimum Gasteiger partial charge on any atom is -0.325 e. The van der Waals surface area contributed by atoms with Gasteiger partial charge in [0.15, 0.2) is 0 Å². The first kappa shape index (κ1) is 15.5. The molecule has 1 aromatic carbocycles. The normalized spacial score (nSPS) is 13.5. The Kier molecular flexibility index (Phi) is 5.30. The fraction of sp³-hybridized carbons (Fsp3) is 0.357. The molecule has 0 saturated heterocycles. The molecule has 112 valence electrons. The molecule has 7 heteroatoms. The Morgan fingerprint density at radius 2 is 2.05 bits per heavy atom. The number of carbonyl (C=O) groups is 1. The van der Waals surface area contributed by atoms with E-state index in [2.05, 4.69) is 20.9 Å². The van der Waals surface area contributed by atoms with Crippen LogP contribution in [0, 0.1) is 5.92 Å². The second-order valence-electron chi connectivity index (χ2n) is 5.02. The lowest BCUT2D eigenvalue weighted by Gasteiger charge is -2.07. The van der Waals surface area contributed by atoms with Crippen LogP contribution in [-0.2, 0) is 4.79 Å². The number of benzene rings is 1. The van der Waals surface area contributed by atoms with Crippen LogP contribution < -0.4 is 10.6 Å². The average Bonchev–Trinajstić information content (AvgIpc) is 3.11. The Hall–Kier alpha value is -1.92. The number of hydrogen-bond donors (Lipinski definition) is 2. The molecule has 0 spiro atoms. The standard InChI is InChI=1S/C14H17N5O.ClH/c20-14(10-15-9-11-1-2-11)17-12-3-5-13(6-4-12)19-8-7-16-18-19;/h3-8,11,15H,1-2,9-10H2,(H,17,20);1H. The van der Waals surface area contributed by atoms with Crippen molar-refractivity contribution in [2.75, 3.05) is 18.4 Å². The summed E-state index contributed by atoms with van der Waals surface area (Å²) in [4.78, 5) is 11.7. The number of nitrogens with one attached hydrogen (secondary N) is 2. The smallest absolute Gasteiger partial charge is 0.238 e. The zero-order valence-electron chi connectivity index (χ0n) is 11.5. The van der Waals surface area contributed by atoms with Gasteiger partial charge in [0, 0.05) is 5.69 Å². The second kappa shape index (κ2) is 7.19. The van der Waals surface area contributed by atoms with Crippen LogP contribution >= 0.6 is 12.4 Å². The monoisotopic (exact) mass is 307 g/mol. The molecule has 2 N–H and O–H groups in total. The summed E-state index contributed by atoms with van der Waals surface area (Å²) in [5, 5.41) is 13.7. The van der Waals surface area contributed by atoms with Crippen molar-refractivity contribution in [1.82, 2.24) is 20.3 Å². The van der Waals surface area contributed by atoms with E-state index in [1.807, 2.05) is 24.3 Å². The second-order valence-corrected chi connectivity index (χ2v) is 5.02. The quantitative estimate of drug-likeness (QED) is 0.851. The van der Waals surface area contributed by atoms with E-state index in [0.29, 0.717) is 6.54 Å². The Balaban J connectivity index is 0.00000161. The lowest BCUT2D eigenvalue weighted by Crippen LogP contribution is -2.29. The van der Waals surface area contributed by atoms with E-state index in [1.54, 1.807) is 17.1 Å². The molecule has 6 nitrogen and oxygen atoms in total. The number of nitrogens with zero attached hydrogens (tertiary/aromatic N) is 3. The number of rotatable bonds is 6. The molecular weight excluding hydrogens is 290 g/mol. The van der Waals surface area contributed by atoms with Gasteiger partial charge in [-0.25, -0.2) is 4.68 Å². The summed E-state index contributed by atoms with van der Waals surface area (Å²) in [6.07, 6.45) is 5.98. The summed E-state index contributed by atoms with van der Waals surface area (Å²) in [7, 11) is 0. The van der Waals surface area contributed by atoms with Gasteiger partial charge in [0.25, 0.3) is 0 Å². The Morgan fingerprint density at radius 1 is 1.29 bits per heavy atom. The maximum atomic E-state index is 11.7. The van der Waals surface area contributed by atoms with Gasteiger partial charge in [0.2, 0.25) is 5.91 Å². The van der Waals surface area contributed by atoms with Crippen LogP contribution in [0.5, 0.6) is 0 Å². The van der Waals surface area contributed by atoms with Crippen molar-refractivity contribution >= 4 is 24.0 Å². The third kappa shape index (κ3) is 4.54. The summed E-state index contributed by atoms with van der Waals surface area (Å²) >= 11 is 0. The third-order valence-corrected chi connectivity index (χ3v) is 3.25. The maximum absolute atomic E-state index is 11.7. The molecule has 1 aliphatic rings. The lowest BCUT2D eigenvalue weighted by molar-refractivity contribution is -0.115. The molecule has 1 fully saturated rings. The van der Waals surface area contributed by atoms with Gasteiger partial charge in [-0.3, -0.25) is 4.79 Å². The van der Waals surface area contributed by atoms with Gasteiger partial charge in [-0.05, 0) is 49.6 Å². The van der Waals surface area contributed by atoms with E-state index >= 15 is 0 Å². The molecule has 0 unspecified atom stereocenters. The van der Waals surface area contributed by atoms with Gasteiger partial charge in [0.05, 0.1) is 24.6 Å². The van der Waals surface area contributed by atoms with Gasteiger partial charge in [0.1, 0.15) is 0 Å². The molecule has 1 amide bonds. The van der Waals surface area contributed by atoms with Crippen molar-refractivity contribution in [3.05, 3.63) is 36.7 Å². The number of hydrogen-bond acceptors (Lipinski definition) is 4. The topological polar surface area (TPSA) is 71.8 Å². The SMILES string of the molecule is Cl.O=C(CNCC1CC1)Nc1ccc(-n2ccnn2)cc1. The highest BCUT2D eigenvalue weighted by Crippen LogP contribution is 2.27. The molecule has 2 aromatic rings. The fourth-order valence-electron chi connectivity index (χ4n) is 1.96. The van der Waals surface area contributed by atoms with Crippen LogP contribution in [0.25, 0.3) is 5.69 Å². The van der Waals surface area contributed by atoms with Crippen molar-refractivity contribution in [1.29, 1.82) is 0 Å². The number of amides is 1. The third-order valence-electron chi connectivity index (χ3n) is 3.25. The van der Waals surface area contributed by atoms with E-state index in [-0.39, 0.29) is 18.3 Å². The zero-order valence-corrected chi connectivity index (χ0v) is 12.3. The van der Waals surface area contributed by atoms with Crippen LogP contribution in [0.1, 0.15) is 12.8 Å². The Morgan fingerprint density at radius 3 is 2.67 bits per heavy atom. The summed E-state index contributed by atoms with van der Waals surface area (Å²) in [6.45, 7) is 1.31. The number of anilines is 1. The van der Waals surface area contributed by atoms with Crippen LogP contribution in [0.15, 0.2) is 36.7 Å². The van der Waals surface area contributed by atoms with Gasteiger partial charge in [-0.1, -0.05) is 5.21 Å². The predicted molar refractivity (Wildman–Crippen MR) is 82.8 cm³/mol. The first-order valence-corrected chi connectivity index (χ1v) is 6.78. The fourth-order valence-corrected chi connectivity index (χ4v) is 1.96. The van der Waals surface area contributed by atoms with Crippen LogP contribution in [0.2, 0.25) is 0 Å². The average molecular weight is 308 g/mol. The van der Waals surface area contributed by atoms with Crippen molar-refractivity contribution in [2.24, 2.45) is 5.92 Å². The highest BCUT2D eigenvalue weighted by Gasteiger charge is 2.20. The van der Waals surface area contributed by atoms with Crippen LogP contribution in [0.4, 0.5) is 5.69 Å². The van der Waals surface area contributed by atoms with Gasteiger partial charge in [-0.2, -0.15) is 0 Å². The van der Waals surface area contributed by atoms with Gasteiger partial charge in [-0.15, -0.1) is 17.5 Å². The highest BCUT2D eigenvalue weighted by molar-refractivity contribution is 5.92. The highest BCUT2D eigenvalue weighted by atomic mass is 35.5. The van der Waals surface area contributed by atoms with Gasteiger partial charge >= 0.3 is 0 Å². The molecule has 3 rings (SSSR count). The number of carbonyl (C=O) groups excluding carboxylic acids is 1. The minimum absolute atomic E-state index is 0.